The van der Waals surface area contributed by atoms with Crippen molar-refractivity contribution >= 4 is 21.7 Å². The molecule has 4 nitrogen and oxygen atoms in total. The summed E-state index contributed by atoms with van der Waals surface area (Å²) in [6.45, 7) is 0. The Kier molecular flexibility index (Phi) is 3.43. The van der Waals surface area contributed by atoms with Crippen LogP contribution >= 0.6 is 15.9 Å². The van der Waals surface area contributed by atoms with Gasteiger partial charge in [-0.15, -0.1) is 10.2 Å². The minimum Gasteiger partial charge on any atom is -0.382 e. The van der Waals surface area contributed by atoms with E-state index in [2.05, 4.69) is 31.1 Å². The van der Waals surface area contributed by atoms with Crippen LogP contribution in [-0.4, -0.2) is 15.2 Å². The summed E-state index contributed by atoms with van der Waals surface area (Å²) in [5.74, 6) is 0.893. The van der Waals surface area contributed by atoms with Gasteiger partial charge in [-0.25, -0.2) is 4.98 Å². The van der Waals surface area contributed by atoms with Gasteiger partial charge in [0.15, 0.2) is 11.6 Å². The fourth-order valence-electron chi connectivity index (χ4n) is 1.89. The number of nitrogens with zero attached hydrogens (tertiary/aromatic N) is 3. The first-order valence-corrected chi connectivity index (χ1v) is 6.85. The lowest BCUT2D eigenvalue weighted by Crippen LogP contribution is -2.02. The van der Waals surface area contributed by atoms with Crippen molar-refractivity contribution in [1.82, 2.24) is 15.2 Å². The second kappa shape index (κ2) is 5.38. The molecule has 0 atom stereocenters. The minimum atomic E-state index is 0.376. The standard InChI is InChI=1S/C15H11BrN4/c16-12-8-4-7-11(9-12)15-18-14(17)13(19-20-15)10-5-2-1-3-6-10/h1-9H,(H2,17,18,20). The lowest BCUT2D eigenvalue weighted by Gasteiger charge is -2.05. The van der Waals surface area contributed by atoms with E-state index in [1.807, 2.05) is 54.6 Å². The molecule has 0 amide bonds. The SMILES string of the molecule is Nc1nc(-c2cccc(Br)c2)nnc1-c1ccccc1. The van der Waals surface area contributed by atoms with Crippen molar-refractivity contribution < 1.29 is 0 Å². The van der Waals surface area contributed by atoms with Crippen LogP contribution in [0.1, 0.15) is 0 Å². The third-order valence-electron chi connectivity index (χ3n) is 2.84. The molecule has 3 rings (SSSR count). The van der Waals surface area contributed by atoms with E-state index in [0.717, 1.165) is 15.6 Å². The zero-order chi connectivity index (χ0) is 13.9. The zero-order valence-corrected chi connectivity index (χ0v) is 12.1. The summed E-state index contributed by atoms with van der Waals surface area (Å²) in [5, 5.41) is 8.37. The summed E-state index contributed by atoms with van der Waals surface area (Å²) in [6, 6.07) is 17.4. The van der Waals surface area contributed by atoms with Crippen LogP contribution < -0.4 is 5.73 Å². The maximum absolute atomic E-state index is 6.00. The number of nitrogens with two attached hydrogens (primary N) is 1. The Morgan fingerprint density at radius 2 is 1.60 bits per heavy atom. The number of nitrogen functional groups attached to an aromatic ring is 1. The van der Waals surface area contributed by atoms with Crippen LogP contribution in [-0.2, 0) is 0 Å². The molecule has 0 aliphatic carbocycles. The molecule has 5 heteroatoms. The molecule has 0 fully saturated rings. The third kappa shape index (κ3) is 2.53. The Balaban J connectivity index is 2.04. The minimum absolute atomic E-state index is 0.376. The first-order chi connectivity index (χ1) is 9.74. The summed E-state index contributed by atoms with van der Waals surface area (Å²) in [6.07, 6.45) is 0. The van der Waals surface area contributed by atoms with Crippen LogP contribution in [0.5, 0.6) is 0 Å². The highest BCUT2D eigenvalue weighted by atomic mass is 79.9. The quantitative estimate of drug-likeness (QED) is 0.782. The van der Waals surface area contributed by atoms with E-state index >= 15 is 0 Å². The topological polar surface area (TPSA) is 64.7 Å². The van der Waals surface area contributed by atoms with Crippen molar-refractivity contribution in [3.05, 3.63) is 59.1 Å². The van der Waals surface area contributed by atoms with Crippen LogP contribution in [0.25, 0.3) is 22.6 Å². The summed E-state index contributed by atoms with van der Waals surface area (Å²) in [7, 11) is 0. The lowest BCUT2D eigenvalue weighted by molar-refractivity contribution is 0.994. The van der Waals surface area contributed by atoms with E-state index in [1.54, 1.807) is 0 Å². The first-order valence-electron chi connectivity index (χ1n) is 6.05. The van der Waals surface area contributed by atoms with Crippen LogP contribution in [0, 0.1) is 0 Å². The van der Waals surface area contributed by atoms with E-state index in [1.165, 1.54) is 0 Å². The molecule has 0 aliphatic heterocycles. The lowest BCUT2D eigenvalue weighted by atomic mass is 10.1. The summed E-state index contributed by atoms with van der Waals surface area (Å²) >= 11 is 3.42. The van der Waals surface area contributed by atoms with Gasteiger partial charge in [-0.2, -0.15) is 0 Å². The predicted molar refractivity (Wildman–Crippen MR) is 82.8 cm³/mol. The molecule has 1 aromatic heterocycles. The maximum atomic E-state index is 6.00. The largest absolute Gasteiger partial charge is 0.382 e. The summed E-state index contributed by atoms with van der Waals surface area (Å²) in [5.41, 5.74) is 8.39. The molecular formula is C15H11BrN4. The number of aromatic nitrogens is 3. The second-order valence-electron chi connectivity index (χ2n) is 4.25. The fourth-order valence-corrected chi connectivity index (χ4v) is 2.29. The molecule has 0 unspecified atom stereocenters. The molecule has 0 saturated carbocycles. The molecule has 3 aromatic rings. The molecule has 1 heterocycles. The van der Waals surface area contributed by atoms with Gasteiger partial charge < -0.3 is 5.73 Å². The Morgan fingerprint density at radius 1 is 0.850 bits per heavy atom. The van der Waals surface area contributed by atoms with Crippen LogP contribution in [0.4, 0.5) is 5.82 Å². The Morgan fingerprint density at radius 3 is 2.30 bits per heavy atom. The van der Waals surface area contributed by atoms with Crippen LogP contribution in [0.2, 0.25) is 0 Å². The number of halogens is 1. The molecule has 0 spiro atoms. The Labute approximate surface area is 124 Å². The smallest absolute Gasteiger partial charge is 0.183 e. The van der Waals surface area contributed by atoms with Gasteiger partial charge in [-0.1, -0.05) is 58.4 Å². The van der Waals surface area contributed by atoms with Crippen molar-refractivity contribution in [2.24, 2.45) is 0 Å². The normalized spacial score (nSPS) is 10.4. The zero-order valence-electron chi connectivity index (χ0n) is 10.5. The molecule has 20 heavy (non-hydrogen) atoms. The molecule has 0 saturated heterocycles. The van der Waals surface area contributed by atoms with Crippen molar-refractivity contribution in [3.63, 3.8) is 0 Å². The van der Waals surface area contributed by atoms with E-state index in [-0.39, 0.29) is 0 Å². The summed E-state index contributed by atoms with van der Waals surface area (Å²) in [4.78, 5) is 4.34. The highest BCUT2D eigenvalue weighted by molar-refractivity contribution is 9.10. The Bertz CT molecular complexity index is 744. The molecule has 0 bridgehead atoms. The van der Waals surface area contributed by atoms with E-state index in [0.29, 0.717) is 17.3 Å². The molecule has 98 valence electrons. The molecule has 2 aromatic carbocycles. The first kappa shape index (κ1) is 12.7. The van der Waals surface area contributed by atoms with Gasteiger partial charge in [-0.05, 0) is 12.1 Å². The van der Waals surface area contributed by atoms with Crippen molar-refractivity contribution in [2.45, 2.75) is 0 Å². The van der Waals surface area contributed by atoms with E-state index in [4.69, 9.17) is 5.73 Å². The van der Waals surface area contributed by atoms with Gasteiger partial charge in [0, 0.05) is 15.6 Å². The molecular weight excluding hydrogens is 316 g/mol. The predicted octanol–water partition coefficient (Wildman–Crippen LogP) is 3.55. The van der Waals surface area contributed by atoms with Crippen LogP contribution in [0.3, 0.4) is 0 Å². The van der Waals surface area contributed by atoms with Gasteiger partial charge >= 0.3 is 0 Å². The highest BCUT2D eigenvalue weighted by Gasteiger charge is 2.09. The average molecular weight is 327 g/mol. The number of anilines is 1. The Hall–Kier alpha value is -2.27. The number of benzene rings is 2. The second-order valence-corrected chi connectivity index (χ2v) is 5.16. The van der Waals surface area contributed by atoms with E-state index in [9.17, 15) is 0 Å². The van der Waals surface area contributed by atoms with Crippen molar-refractivity contribution in [3.8, 4) is 22.6 Å². The van der Waals surface area contributed by atoms with Crippen molar-refractivity contribution in [2.75, 3.05) is 5.73 Å². The van der Waals surface area contributed by atoms with Crippen molar-refractivity contribution in [1.29, 1.82) is 0 Å². The number of hydrogen-bond acceptors (Lipinski definition) is 4. The van der Waals surface area contributed by atoms with Gasteiger partial charge in [0.2, 0.25) is 0 Å². The van der Waals surface area contributed by atoms with Gasteiger partial charge in [0.05, 0.1) is 0 Å². The number of rotatable bonds is 2. The van der Waals surface area contributed by atoms with E-state index < -0.39 is 0 Å². The monoisotopic (exact) mass is 326 g/mol. The average Bonchev–Trinajstić information content (AvgIpc) is 2.48. The highest BCUT2D eigenvalue weighted by Crippen LogP contribution is 2.24. The van der Waals surface area contributed by atoms with Gasteiger partial charge in [0.25, 0.3) is 0 Å². The summed E-state index contributed by atoms with van der Waals surface area (Å²) < 4.78 is 0.962. The number of hydrogen-bond donors (Lipinski definition) is 1. The van der Waals surface area contributed by atoms with Gasteiger partial charge in [-0.3, -0.25) is 0 Å². The molecule has 0 aliphatic rings. The maximum Gasteiger partial charge on any atom is 0.183 e. The fraction of sp³-hybridized carbons (Fsp3) is 0. The van der Waals surface area contributed by atoms with Gasteiger partial charge in [0.1, 0.15) is 5.69 Å². The van der Waals surface area contributed by atoms with Crippen LogP contribution in [0.15, 0.2) is 59.1 Å². The molecule has 2 N–H and O–H groups in total. The third-order valence-corrected chi connectivity index (χ3v) is 3.34. The molecule has 0 radical (unpaired) electrons.